The van der Waals surface area contributed by atoms with Gasteiger partial charge in [0.1, 0.15) is 0 Å². The van der Waals surface area contributed by atoms with Crippen molar-refractivity contribution >= 4 is 16.8 Å². The second kappa shape index (κ2) is 5.53. The van der Waals surface area contributed by atoms with Crippen LogP contribution in [-0.2, 0) is 11.2 Å². The Kier molecular flexibility index (Phi) is 3.72. The van der Waals surface area contributed by atoms with Gasteiger partial charge in [0, 0.05) is 30.2 Å². The van der Waals surface area contributed by atoms with Gasteiger partial charge in [-0.05, 0) is 43.7 Å². The molecule has 1 fully saturated rings. The van der Waals surface area contributed by atoms with E-state index in [4.69, 9.17) is 5.73 Å². The lowest BCUT2D eigenvalue weighted by Gasteiger charge is -2.27. The number of hydrogen-bond acceptors (Lipinski definition) is 2. The largest absolute Gasteiger partial charge is 0.361 e. The van der Waals surface area contributed by atoms with Crippen molar-refractivity contribution in [3.05, 3.63) is 36.0 Å². The summed E-state index contributed by atoms with van der Waals surface area (Å²) in [7, 11) is 1.88. The lowest BCUT2D eigenvalue weighted by atomic mass is 10.0. The molecule has 3 rings (SSSR count). The van der Waals surface area contributed by atoms with Gasteiger partial charge in [-0.1, -0.05) is 18.2 Å². The molecule has 112 valence electrons. The predicted molar refractivity (Wildman–Crippen MR) is 84.9 cm³/mol. The third-order valence-corrected chi connectivity index (χ3v) is 4.69. The average Bonchev–Trinajstić information content (AvgIpc) is 3.28. The van der Waals surface area contributed by atoms with Crippen molar-refractivity contribution in [1.82, 2.24) is 9.88 Å². The van der Waals surface area contributed by atoms with Crippen LogP contribution in [0.3, 0.4) is 0 Å². The molecule has 4 nitrogen and oxygen atoms in total. The van der Waals surface area contributed by atoms with Crippen molar-refractivity contribution in [3.63, 3.8) is 0 Å². The summed E-state index contributed by atoms with van der Waals surface area (Å²) >= 11 is 0. The van der Waals surface area contributed by atoms with Crippen LogP contribution in [0.4, 0.5) is 0 Å². The Bertz CT molecular complexity index is 644. The molecular formula is C17H23N3O. The van der Waals surface area contributed by atoms with Gasteiger partial charge in [-0.3, -0.25) is 4.79 Å². The van der Waals surface area contributed by atoms with Crippen molar-refractivity contribution in [2.45, 2.75) is 38.3 Å². The van der Waals surface area contributed by atoms with Crippen molar-refractivity contribution in [1.29, 1.82) is 0 Å². The van der Waals surface area contributed by atoms with Gasteiger partial charge in [0.25, 0.3) is 0 Å². The van der Waals surface area contributed by atoms with E-state index in [-0.39, 0.29) is 5.91 Å². The second-order valence-electron chi connectivity index (χ2n) is 6.20. The van der Waals surface area contributed by atoms with Crippen LogP contribution in [0, 0.1) is 5.92 Å². The zero-order valence-corrected chi connectivity index (χ0v) is 12.7. The molecule has 21 heavy (non-hydrogen) atoms. The molecule has 1 unspecified atom stereocenters. The summed E-state index contributed by atoms with van der Waals surface area (Å²) in [6, 6.07) is 7.93. The number of hydrogen-bond donors (Lipinski definition) is 2. The monoisotopic (exact) mass is 285 g/mol. The average molecular weight is 285 g/mol. The second-order valence-corrected chi connectivity index (χ2v) is 6.20. The van der Waals surface area contributed by atoms with Crippen LogP contribution in [0.25, 0.3) is 10.9 Å². The summed E-state index contributed by atoms with van der Waals surface area (Å²) in [4.78, 5) is 17.5. The SMILES string of the molecule is CC(C1CC1)N(C)C(=O)[C@@H](N)Cc1c[nH]c2ccccc12. The van der Waals surface area contributed by atoms with E-state index in [0.29, 0.717) is 18.4 Å². The van der Waals surface area contributed by atoms with Crippen LogP contribution in [0.15, 0.2) is 30.5 Å². The Balaban J connectivity index is 1.70. The van der Waals surface area contributed by atoms with E-state index in [0.717, 1.165) is 16.5 Å². The van der Waals surface area contributed by atoms with Crippen LogP contribution in [0.2, 0.25) is 0 Å². The standard InChI is InChI=1S/C17H23N3O/c1-11(12-7-8-12)20(2)17(21)15(18)9-13-10-19-16-6-4-3-5-14(13)16/h3-6,10-12,15,19H,7-9,18H2,1-2H3/t11?,15-/m0/s1. The number of likely N-dealkylation sites (N-methyl/N-ethyl adjacent to an activating group) is 1. The Labute approximate surface area is 125 Å². The molecule has 2 aromatic rings. The lowest BCUT2D eigenvalue weighted by Crippen LogP contribution is -2.47. The van der Waals surface area contributed by atoms with E-state index in [9.17, 15) is 4.79 Å². The van der Waals surface area contributed by atoms with Crippen molar-refractivity contribution in [3.8, 4) is 0 Å². The Morgan fingerprint density at radius 1 is 1.43 bits per heavy atom. The number of amides is 1. The number of nitrogens with one attached hydrogen (secondary N) is 1. The zero-order chi connectivity index (χ0) is 15.0. The van der Waals surface area contributed by atoms with Crippen molar-refractivity contribution in [2.24, 2.45) is 11.7 Å². The molecule has 1 saturated carbocycles. The molecule has 1 aromatic heterocycles. The summed E-state index contributed by atoms with van der Waals surface area (Å²) in [5, 5.41) is 1.15. The third kappa shape index (κ3) is 2.81. The number of fused-ring (bicyclic) bond motifs is 1. The van der Waals surface area contributed by atoms with Gasteiger partial charge < -0.3 is 15.6 Å². The van der Waals surface area contributed by atoms with Gasteiger partial charge in [-0.15, -0.1) is 0 Å². The fraction of sp³-hybridized carbons (Fsp3) is 0.471. The highest BCUT2D eigenvalue weighted by atomic mass is 16.2. The first-order valence-corrected chi connectivity index (χ1v) is 7.65. The molecule has 1 aromatic carbocycles. The molecular weight excluding hydrogens is 262 g/mol. The number of para-hydroxylation sites is 1. The minimum atomic E-state index is -0.476. The summed E-state index contributed by atoms with van der Waals surface area (Å²) in [5.74, 6) is 0.707. The van der Waals surface area contributed by atoms with Gasteiger partial charge >= 0.3 is 0 Å². The van der Waals surface area contributed by atoms with Crippen molar-refractivity contribution < 1.29 is 4.79 Å². The normalized spacial score (nSPS) is 17.7. The van der Waals surface area contributed by atoms with Crippen LogP contribution in [-0.4, -0.2) is 34.9 Å². The molecule has 1 aliphatic carbocycles. The summed E-state index contributed by atoms with van der Waals surface area (Å²) < 4.78 is 0. The fourth-order valence-corrected chi connectivity index (χ4v) is 2.98. The highest BCUT2D eigenvalue weighted by molar-refractivity contribution is 5.86. The minimum absolute atomic E-state index is 0.0414. The molecule has 0 bridgehead atoms. The molecule has 1 amide bonds. The number of nitrogens with zero attached hydrogens (tertiary/aromatic N) is 1. The molecule has 0 saturated heterocycles. The summed E-state index contributed by atoms with van der Waals surface area (Å²) in [6.07, 6.45) is 5.00. The number of carbonyl (C=O) groups is 1. The van der Waals surface area contributed by atoms with Gasteiger partial charge in [-0.2, -0.15) is 0 Å². The van der Waals surface area contributed by atoms with E-state index in [1.165, 1.54) is 12.8 Å². The van der Waals surface area contributed by atoms with E-state index < -0.39 is 6.04 Å². The number of benzene rings is 1. The molecule has 1 aliphatic rings. The van der Waals surface area contributed by atoms with Crippen LogP contribution in [0.1, 0.15) is 25.3 Å². The topological polar surface area (TPSA) is 62.1 Å². The van der Waals surface area contributed by atoms with Crippen molar-refractivity contribution in [2.75, 3.05) is 7.05 Å². The van der Waals surface area contributed by atoms with E-state index in [2.05, 4.69) is 18.0 Å². The molecule has 0 spiro atoms. The van der Waals surface area contributed by atoms with Gasteiger partial charge in [-0.25, -0.2) is 0 Å². The number of rotatable bonds is 5. The molecule has 0 aliphatic heterocycles. The van der Waals surface area contributed by atoms with Gasteiger partial charge in [0.05, 0.1) is 6.04 Å². The highest BCUT2D eigenvalue weighted by Gasteiger charge is 2.33. The molecule has 1 heterocycles. The Hall–Kier alpha value is -1.81. The molecule has 2 atom stereocenters. The quantitative estimate of drug-likeness (QED) is 0.885. The smallest absolute Gasteiger partial charge is 0.239 e. The lowest BCUT2D eigenvalue weighted by molar-refractivity contribution is -0.133. The minimum Gasteiger partial charge on any atom is -0.361 e. The van der Waals surface area contributed by atoms with Crippen LogP contribution < -0.4 is 5.73 Å². The van der Waals surface area contributed by atoms with Crippen LogP contribution >= 0.6 is 0 Å². The maximum Gasteiger partial charge on any atom is 0.239 e. The number of H-pyrrole nitrogens is 1. The zero-order valence-electron chi connectivity index (χ0n) is 12.7. The fourth-order valence-electron chi connectivity index (χ4n) is 2.98. The Morgan fingerprint density at radius 3 is 2.86 bits per heavy atom. The molecule has 4 heteroatoms. The summed E-state index contributed by atoms with van der Waals surface area (Å²) in [5.41, 5.74) is 8.35. The van der Waals surface area contributed by atoms with E-state index >= 15 is 0 Å². The number of aromatic nitrogens is 1. The first kappa shape index (κ1) is 14.1. The third-order valence-electron chi connectivity index (χ3n) is 4.69. The number of carbonyl (C=O) groups excluding carboxylic acids is 1. The first-order valence-electron chi connectivity index (χ1n) is 7.65. The first-order chi connectivity index (χ1) is 10.1. The number of nitrogens with two attached hydrogens (primary N) is 1. The predicted octanol–water partition coefficient (Wildman–Crippen LogP) is 2.29. The van der Waals surface area contributed by atoms with Gasteiger partial charge in [0.2, 0.25) is 5.91 Å². The summed E-state index contributed by atoms with van der Waals surface area (Å²) in [6.45, 7) is 2.12. The highest BCUT2D eigenvalue weighted by Crippen LogP contribution is 2.34. The molecule has 3 N–H and O–H groups in total. The van der Waals surface area contributed by atoms with Crippen LogP contribution in [0.5, 0.6) is 0 Å². The van der Waals surface area contributed by atoms with E-state index in [1.54, 1.807) is 0 Å². The Morgan fingerprint density at radius 2 is 2.14 bits per heavy atom. The maximum absolute atomic E-state index is 12.5. The number of aromatic amines is 1. The maximum atomic E-state index is 12.5. The van der Waals surface area contributed by atoms with Gasteiger partial charge in [0.15, 0.2) is 0 Å². The van der Waals surface area contributed by atoms with E-state index in [1.807, 2.05) is 36.3 Å². The molecule has 0 radical (unpaired) electrons.